The highest BCUT2D eigenvalue weighted by atomic mass is 32.2. The largest absolute Gasteiger partial charge is 0.341 e. The highest BCUT2D eigenvalue weighted by Crippen LogP contribution is 2.22. The molecule has 1 fully saturated rings. The molecule has 0 saturated carbocycles. The second kappa shape index (κ2) is 4.11. The number of nitrogens with zero attached hydrogens (tertiary/aromatic N) is 1. The maximum atomic E-state index is 4.65. The van der Waals surface area contributed by atoms with Crippen LogP contribution in [0.5, 0.6) is 0 Å². The normalized spacial score (nSPS) is 21.4. The summed E-state index contributed by atoms with van der Waals surface area (Å²) >= 11 is 1.99. The Bertz CT molecular complexity index is 500. The molecule has 2 N–H and O–H groups in total. The van der Waals surface area contributed by atoms with Crippen LogP contribution in [0.4, 0.5) is 0 Å². The summed E-state index contributed by atoms with van der Waals surface area (Å²) in [5.74, 6) is 3.39. The minimum Gasteiger partial charge on any atom is -0.341 e. The Morgan fingerprint density at radius 2 is 2.38 bits per heavy atom. The number of aromatic nitrogens is 2. The molecule has 3 nitrogen and oxygen atoms in total. The number of rotatable bonds is 1. The molecule has 2 aromatic rings. The monoisotopic (exact) mass is 233 g/mol. The summed E-state index contributed by atoms with van der Waals surface area (Å²) < 4.78 is 0. The van der Waals surface area contributed by atoms with Gasteiger partial charge in [0.2, 0.25) is 0 Å². The van der Waals surface area contributed by atoms with Crippen LogP contribution in [0, 0.1) is 6.92 Å². The van der Waals surface area contributed by atoms with Gasteiger partial charge in [-0.05, 0) is 24.6 Å². The molecule has 3 rings (SSSR count). The number of hydrogen-bond acceptors (Lipinski definition) is 3. The Hall–Kier alpha value is -1.00. The van der Waals surface area contributed by atoms with Crippen molar-refractivity contribution in [1.82, 2.24) is 15.3 Å². The third kappa shape index (κ3) is 1.83. The molecule has 1 saturated heterocycles. The molecule has 0 spiro atoms. The number of benzene rings is 1. The van der Waals surface area contributed by atoms with E-state index in [9.17, 15) is 0 Å². The van der Waals surface area contributed by atoms with E-state index in [4.69, 9.17) is 0 Å². The summed E-state index contributed by atoms with van der Waals surface area (Å²) in [6, 6.07) is 6.73. The average Bonchev–Trinajstić information content (AvgIpc) is 2.73. The van der Waals surface area contributed by atoms with Gasteiger partial charge in [-0.2, -0.15) is 11.8 Å². The summed E-state index contributed by atoms with van der Waals surface area (Å²) in [6.45, 7) is 3.18. The molecule has 0 aliphatic carbocycles. The van der Waals surface area contributed by atoms with Crippen molar-refractivity contribution < 1.29 is 0 Å². The van der Waals surface area contributed by atoms with Gasteiger partial charge in [0.1, 0.15) is 5.82 Å². The van der Waals surface area contributed by atoms with Gasteiger partial charge in [0.25, 0.3) is 0 Å². The summed E-state index contributed by atoms with van der Waals surface area (Å²) in [7, 11) is 0. The predicted molar refractivity (Wildman–Crippen MR) is 68.9 cm³/mol. The molecular weight excluding hydrogens is 218 g/mol. The first-order valence-corrected chi connectivity index (χ1v) is 6.76. The fourth-order valence-corrected chi connectivity index (χ4v) is 2.99. The van der Waals surface area contributed by atoms with Crippen molar-refractivity contribution in [3.8, 4) is 0 Å². The van der Waals surface area contributed by atoms with Gasteiger partial charge in [-0.25, -0.2) is 4.98 Å². The standard InChI is InChI=1S/C12H15N3S/c1-8-2-3-9-10(6-8)15-12(14-9)11-7-16-5-4-13-11/h2-3,6,11,13H,4-5,7H2,1H3,(H,14,15). The maximum absolute atomic E-state index is 4.65. The van der Waals surface area contributed by atoms with Crippen molar-refractivity contribution in [3.05, 3.63) is 29.6 Å². The summed E-state index contributed by atoms with van der Waals surface area (Å²) in [5.41, 5.74) is 3.49. The number of aromatic amines is 1. The second-order valence-electron chi connectivity index (χ2n) is 4.22. The van der Waals surface area contributed by atoms with E-state index in [1.807, 2.05) is 11.8 Å². The molecule has 0 bridgehead atoms. The van der Waals surface area contributed by atoms with Gasteiger partial charge in [-0.15, -0.1) is 0 Å². The lowest BCUT2D eigenvalue weighted by molar-refractivity contribution is 0.571. The fourth-order valence-electron chi connectivity index (χ4n) is 2.05. The summed E-state index contributed by atoms with van der Waals surface area (Å²) in [5, 5.41) is 3.50. The van der Waals surface area contributed by atoms with Gasteiger partial charge in [0.05, 0.1) is 17.1 Å². The molecular formula is C12H15N3S. The van der Waals surface area contributed by atoms with Gasteiger partial charge in [-0.1, -0.05) is 6.07 Å². The summed E-state index contributed by atoms with van der Waals surface area (Å²) in [4.78, 5) is 8.07. The van der Waals surface area contributed by atoms with Gasteiger partial charge >= 0.3 is 0 Å². The zero-order valence-corrected chi connectivity index (χ0v) is 10.1. The highest BCUT2D eigenvalue weighted by Gasteiger charge is 2.18. The first-order chi connectivity index (χ1) is 7.83. The average molecular weight is 233 g/mol. The molecule has 1 aromatic carbocycles. The quantitative estimate of drug-likeness (QED) is 0.793. The Labute approximate surface area is 99.0 Å². The minimum absolute atomic E-state index is 0.381. The number of thioether (sulfide) groups is 1. The van der Waals surface area contributed by atoms with Crippen molar-refractivity contribution >= 4 is 22.8 Å². The Balaban J connectivity index is 1.97. The van der Waals surface area contributed by atoms with Gasteiger partial charge < -0.3 is 10.3 Å². The van der Waals surface area contributed by atoms with E-state index in [0.29, 0.717) is 6.04 Å². The Morgan fingerprint density at radius 1 is 1.44 bits per heavy atom. The third-order valence-corrected chi connectivity index (χ3v) is 3.97. The van der Waals surface area contributed by atoms with Crippen molar-refractivity contribution in [2.75, 3.05) is 18.1 Å². The molecule has 16 heavy (non-hydrogen) atoms. The van der Waals surface area contributed by atoms with E-state index < -0.39 is 0 Å². The molecule has 1 aliphatic heterocycles. The van der Waals surface area contributed by atoms with Crippen LogP contribution >= 0.6 is 11.8 Å². The predicted octanol–water partition coefficient (Wildman–Crippen LogP) is 2.25. The van der Waals surface area contributed by atoms with Crippen LogP contribution in [0.25, 0.3) is 11.0 Å². The van der Waals surface area contributed by atoms with Gasteiger partial charge in [-0.3, -0.25) is 0 Å². The minimum atomic E-state index is 0.381. The maximum Gasteiger partial charge on any atom is 0.125 e. The SMILES string of the molecule is Cc1ccc2nc(C3CSCCN3)[nH]c2c1. The number of aryl methyl sites for hydroxylation is 1. The van der Waals surface area contributed by atoms with Crippen LogP contribution in [0.3, 0.4) is 0 Å². The van der Waals surface area contributed by atoms with Crippen molar-refractivity contribution in [1.29, 1.82) is 0 Å². The van der Waals surface area contributed by atoms with E-state index in [2.05, 4.69) is 40.4 Å². The number of fused-ring (bicyclic) bond motifs is 1. The number of hydrogen-bond donors (Lipinski definition) is 2. The van der Waals surface area contributed by atoms with Crippen LogP contribution < -0.4 is 5.32 Å². The molecule has 1 atom stereocenters. The molecule has 2 heterocycles. The van der Waals surface area contributed by atoms with Gasteiger partial charge in [0.15, 0.2) is 0 Å². The van der Waals surface area contributed by atoms with Crippen LogP contribution in [0.1, 0.15) is 17.4 Å². The lowest BCUT2D eigenvalue weighted by Gasteiger charge is -2.20. The van der Waals surface area contributed by atoms with Crippen LogP contribution in [-0.4, -0.2) is 28.0 Å². The molecule has 1 aliphatic rings. The van der Waals surface area contributed by atoms with E-state index in [1.54, 1.807) is 0 Å². The van der Waals surface area contributed by atoms with E-state index >= 15 is 0 Å². The molecule has 1 aromatic heterocycles. The first kappa shape index (κ1) is 10.2. The zero-order valence-electron chi connectivity index (χ0n) is 9.29. The van der Waals surface area contributed by atoms with Crippen molar-refractivity contribution in [2.24, 2.45) is 0 Å². The molecule has 1 unspecified atom stereocenters. The Morgan fingerprint density at radius 3 is 3.19 bits per heavy atom. The highest BCUT2D eigenvalue weighted by molar-refractivity contribution is 7.99. The fraction of sp³-hybridized carbons (Fsp3) is 0.417. The number of H-pyrrole nitrogens is 1. The van der Waals surface area contributed by atoms with Crippen molar-refractivity contribution in [2.45, 2.75) is 13.0 Å². The topological polar surface area (TPSA) is 40.7 Å². The lowest BCUT2D eigenvalue weighted by atomic mass is 10.2. The lowest BCUT2D eigenvalue weighted by Crippen LogP contribution is -2.30. The smallest absolute Gasteiger partial charge is 0.125 e. The second-order valence-corrected chi connectivity index (χ2v) is 5.37. The number of nitrogens with one attached hydrogen (secondary N) is 2. The third-order valence-electron chi connectivity index (χ3n) is 2.91. The Kier molecular flexibility index (Phi) is 2.61. The van der Waals surface area contributed by atoms with Crippen LogP contribution in [-0.2, 0) is 0 Å². The van der Waals surface area contributed by atoms with Crippen molar-refractivity contribution in [3.63, 3.8) is 0 Å². The first-order valence-electron chi connectivity index (χ1n) is 5.60. The molecule has 84 valence electrons. The molecule has 0 amide bonds. The van der Waals surface area contributed by atoms with Gasteiger partial charge in [0, 0.05) is 18.1 Å². The molecule has 0 radical (unpaired) electrons. The van der Waals surface area contributed by atoms with E-state index in [-0.39, 0.29) is 0 Å². The zero-order chi connectivity index (χ0) is 11.0. The van der Waals surface area contributed by atoms with Crippen LogP contribution in [0.15, 0.2) is 18.2 Å². The number of imidazole rings is 1. The summed E-state index contributed by atoms with van der Waals surface area (Å²) in [6.07, 6.45) is 0. The van der Waals surface area contributed by atoms with E-state index in [0.717, 1.165) is 29.2 Å². The van der Waals surface area contributed by atoms with Crippen LogP contribution in [0.2, 0.25) is 0 Å². The molecule has 4 heteroatoms. The van der Waals surface area contributed by atoms with E-state index in [1.165, 1.54) is 11.3 Å².